The van der Waals surface area contributed by atoms with E-state index in [1.807, 2.05) is 39.1 Å². The van der Waals surface area contributed by atoms with Gasteiger partial charge in [-0.1, -0.05) is 33.6 Å². The Kier molecular flexibility index (Phi) is 7.13. The monoisotopic (exact) mass is 354 g/mol. The summed E-state index contributed by atoms with van der Waals surface area (Å²) in [7, 11) is 0. The van der Waals surface area contributed by atoms with E-state index in [2.05, 4.69) is 35.7 Å². The molecule has 0 saturated heterocycles. The molecule has 5 nitrogen and oxygen atoms in total. The first-order valence-corrected chi connectivity index (χ1v) is 9.50. The zero-order chi connectivity index (χ0) is 19.1. The van der Waals surface area contributed by atoms with Gasteiger partial charge in [-0.25, -0.2) is 15.0 Å². The molecule has 0 aliphatic rings. The van der Waals surface area contributed by atoms with Crippen molar-refractivity contribution in [3.05, 3.63) is 35.3 Å². The van der Waals surface area contributed by atoms with Gasteiger partial charge in [-0.05, 0) is 38.8 Å². The van der Waals surface area contributed by atoms with Gasteiger partial charge in [0.25, 0.3) is 0 Å². The number of pyridine rings is 1. The number of aromatic nitrogens is 4. The molecule has 0 spiro atoms. The molecule has 0 atom stereocenters. The molecule has 0 saturated carbocycles. The third kappa shape index (κ3) is 4.40. The van der Waals surface area contributed by atoms with Gasteiger partial charge in [-0.2, -0.15) is 0 Å². The Balaban J connectivity index is 0.000000552. The fourth-order valence-corrected chi connectivity index (χ4v) is 2.59. The van der Waals surface area contributed by atoms with Gasteiger partial charge in [0.1, 0.15) is 5.52 Å². The van der Waals surface area contributed by atoms with E-state index < -0.39 is 0 Å². The van der Waals surface area contributed by atoms with Crippen LogP contribution in [0, 0.1) is 13.8 Å². The highest BCUT2D eigenvalue weighted by molar-refractivity contribution is 5.79. The molecule has 140 valence electrons. The minimum absolute atomic E-state index is 0.614. The summed E-state index contributed by atoms with van der Waals surface area (Å²) in [6, 6.07) is 3.93. The van der Waals surface area contributed by atoms with Crippen molar-refractivity contribution >= 4 is 11.2 Å². The topological polar surface area (TPSA) is 63.7 Å². The third-order valence-corrected chi connectivity index (χ3v) is 4.20. The van der Waals surface area contributed by atoms with Crippen molar-refractivity contribution < 1.29 is 4.74 Å². The van der Waals surface area contributed by atoms with Crippen molar-refractivity contribution in [1.29, 1.82) is 0 Å². The Morgan fingerprint density at radius 3 is 2.31 bits per heavy atom. The largest absolute Gasteiger partial charge is 0.478 e. The zero-order valence-electron chi connectivity index (χ0n) is 16.8. The first-order valence-electron chi connectivity index (χ1n) is 9.50. The molecular formula is C21H30N4O. The summed E-state index contributed by atoms with van der Waals surface area (Å²) in [5.74, 6) is 0.660. The average molecular weight is 354 g/mol. The Morgan fingerprint density at radius 2 is 1.69 bits per heavy atom. The van der Waals surface area contributed by atoms with Crippen LogP contribution in [0.1, 0.15) is 57.5 Å². The predicted octanol–water partition coefficient (Wildman–Crippen LogP) is 5.40. The van der Waals surface area contributed by atoms with Gasteiger partial charge < -0.3 is 9.72 Å². The molecule has 0 bridgehead atoms. The van der Waals surface area contributed by atoms with E-state index in [1.165, 1.54) is 12.8 Å². The number of fused-ring (bicyclic) bond motifs is 1. The van der Waals surface area contributed by atoms with Crippen LogP contribution in [0.2, 0.25) is 0 Å². The molecule has 1 N–H and O–H groups in total. The molecule has 0 unspecified atom stereocenters. The molecule has 0 radical (unpaired) electrons. The average Bonchev–Trinajstić information content (AvgIpc) is 3.01. The maximum atomic E-state index is 5.49. The first kappa shape index (κ1) is 19.9. The van der Waals surface area contributed by atoms with Gasteiger partial charge in [0.05, 0.1) is 23.7 Å². The van der Waals surface area contributed by atoms with Gasteiger partial charge in [0.2, 0.25) is 5.88 Å². The van der Waals surface area contributed by atoms with Crippen LogP contribution in [-0.4, -0.2) is 26.5 Å². The predicted molar refractivity (Wildman–Crippen MR) is 108 cm³/mol. The molecule has 0 aliphatic heterocycles. The van der Waals surface area contributed by atoms with E-state index in [1.54, 1.807) is 0 Å². The molecular weight excluding hydrogens is 324 g/mol. The van der Waals surface area contributed by atoms with Crippen molar-refractivity contribution in [3.8, 4) is 17.1 Å². The lowest BCUT2D eigenvalue weighted by atomic mass is 10.1. The fraction of sp³-hybridized carbons (Fsp3) is 0.476. The lowest BCUT2D eigenvalue weighted by molar-refractivity contribution is 0.326. The van der Waals surface area contributed by atoms with Crippen LogP contribution in [0.4, 0.5) is 0 Å². The van der Waals surface area contributed by atoms with E-state index in [-0.39, 0.29) is 0 Å². The van der Waals surface area contributed by atoms with Crippen LogP contribution < -0.4 is 4.74 Å². The molecule has 0 aromatic carbocycles. The van der Waals surface area contributed by atoms with Gasteiger partial charge in [-0.3, -0.25) is 0 Å². The second-order valence-electron chi connectivity index (χ2n) is 6.26. The van der Waals surface area contributed by atoms with Gasteiger partial charge in [0.15, 0.2) is 5.65 Å². The molecule has 0 fully saturated rings. The number of nitrogens with zero attached hydrogens (tertiary/aromatic N) is 3. The highest BCUT2D eigenvalue weighted by atomic mass is 16.5. The minimum Gasteiger partial charge on any atom is -0.478 e. The lowest BCUT2D eigenvalue weighted by Gasteiger charge is -2.11. The van der Waals surface area contributed by atoms with Crippen molar-refractivity contribution in [2.75, 3.05) is 6.61 Å². The van der Waals surface area contributed by atoms with Gasteiger partial charge in [0, 0.05) is 17.8 Å². The van der Waals surface area contributed by atoms with E-state index in [0.717, 1.165) is 45.8 Å². The highest BCUT2D eigenvalue weighted by Crippen LogP contribution is 2.28. The second kappa shape index (κ2) is 9.32. The van der Waals surface area contributed by atoms with Crippen molar-refractivity contribution in [2.45, 2.75) is 60.8 Å². The molecule has 26 heavy (non-hydrogen) atoms. The number of unbranched alkanes of at least 4 members (excludes halogenated alkanes) is 1. The quantitative estimate of drug-likeness (QED) is 0.666. The number of rotatable bonds is 5. The van der Waals surface area contributed by atoms with E-state index >= 15 is 0 Å². The van der Waals surface area contributed by atoms with Crippen LogP contribution in [0.15, 0.2) is 18.3 Å². The summed E-state index contributed by atoms with van der Waals surface area (Å²) in [5.41, 5.74) is 6.64. The summed E-state index contributed by atoms with van der Waals surface area (Å²) in [4.78, 5) is 17.2. The molecule has 3 heterocycles. The number of aryl methyl sites for hydroxylation is 3. The number of H-pyrrole nitrogens is 1. The summed E-state index contributed by atoms with van der Waals surface area (Å²) in [5, 5.41) is 0. The van der Waals surface area contributed by atoms with Gasteiger partial charge in [-0.15, -0.1) is 0 Å². The highest BCUT2D eigenvalue weighted by Gasteiger charge is 2.14. The van der Waals surface area contributed by atoms with Crippen LogP contribution >= 0.6 is 0 Å². The van der Waals surface area contributed by atoms with E-state index in [4.69, 9.17) is 9.72 Å². The fourth-order valence-electron chi connectivity index (χ4n) is 2.59. The van der Waals surface area contributed by atoms with Gasteiger partial charge >= 0.3 is 0 Å². The SMILES string of the molecule is CCCC.CCOc1ccc(-c2nc3c(C)c[nH]c3nc2C)c(CC)n1. The normalized spacial score (nSPS) is 10.5. The summed E-state index contributed by atoms with van der Waals surface area (Å²) >= 11 is 0. The number of hydrogen-bond acceptors (Lipinski definition) is 4. The zero-order valence-corrected chi connectivity index (χ0v) is 16.8. The van der Waals surface area contributed by atoms with Crippen LogP contribution in [0.25, 0.3) is 22.4 Å². The maximum Gasteiger partial charge on any atom is 0.213 e. The molecule has 0 aliphatic carbocycles. The molecule has 3 rings (SSSR count). The van der Waals surface area contributed by atoms with Crippen LogP contribution in [0.3, 0.4) is 0 Å². The first-order chi connectivity index (χ1) is 12.5. The molecule has 3 aromatic heterocycles. The summed E-state index contributed by atoms with van der Waals surface area (Å²) < 4.78 is 5.49. The summed E-state index contributed by atoms with van der Waals surface area (Å²) in [6.45, 7) is 13.0. The number of hydrogen-bond donors (Lipinski definition) is 1. The molecule has 5 heteroatoms. The standard InChI is InChI=1S/C17H20N4O.C4H10/c1-5-13-12(7-8-14(20-13)22-6-2)16-11(4)19-17-15(21-16)10(3)9-18-17;1-3-4-2/h7-9H,5-6H2,1-4H3,(H,18,19);3-4H2,1-2H3. The van der Waals surface area contributed by atoms with Crippen molar-refractivity contribution in [2.24, 2.45) is 0 Å². The Hall–Kier alpha value is -2.43. The second-order valence-corrected chi connectivity index (χ2v) is 6.26. The van der Waals surface area contributed by atoms with Crippen LogP contribution in [0.5, 0.6) is 5.88 Å². The Bertz CT molecular complexity index is 853. The minimum atomic E-state index is 0.614. The molecule has 0 amide bonds. The van der Waals surface area contributed by atoms with Crippen molar-refractivity contribution in [3.63, 3.8) is 0 Å². The third-order valence-electron chi connectivity index (χ3n) is 4.20. The lowest BCUT2D eigenvalue weighted by Crippen LogP contribution is -2.01. The molecule has 3 aromatic rings. The van der Waals surface area contributed by atoms with Crippen molar-refractivity contribution in [1.82, 2.24) is 19.9 Å². The summed E-state index contributed by atoms with van der Waals surface area (Å²) in [6.07, 6.45) is 5.40. The van der Waals surface area contributed by atoms with Crippen LogP contribution in [-0.2, 0) is 6.42 Å². The Labute approximate surface area is 156 Å². The van der Waals surface area contributed by atoms with E-state index in [0.29, 0.717) is 12.5 Å². The Morgan fingerprint density at radius 1 is 0.962 bits per heavy atom. The van der Waals surface area contributed by atoms with E-state index in [9.17, 15) is 0 Å². The smallest absolute Gasteiger partial charge is 0.213 e. The number of aromatic amines is 1. The maximum absolute atomic E-state index is 5.49. The number of ether oxygens (including phenoxy) is 1. The number of nitrogens with one attached hydrogen (secondary N) is 1.